The largest absolute Gasteiger partial charge is 0.497 e. The second-order valence-corrected chi connectivity index (χ2v) is 10.6. The highest BCUT2D eigenvalue weighted by atomic mass is 127. The monoisotopic (exact) mass is 510 g/mol. The van der Waals surface area contributed by atoms with Gasteiger partial charge in [0, 0.05) is 22.9 Å². The summed E-state index contributed by atoms with van der Waals surface area (Å²) < 4.78 is 19.3. The lowest BCUT2D eigenvalue weighted by molar-refractivity contribution is -0.194. The van der Waals surface area contributed by atoms with E-state index in [0.29, 0.717) is 11.5 Å². The molecule has 4 aliphatic rings. The average Bonchev–Trinajstić information content (AvgIpc) is 3.41. The molecule has 1 aromatic carbocycles. The molecule has 3 fully saturated rings. The van der Waals surface area contributed by atoms with Crippen molar-refractivity contribution >= 4 is 22.6 Å². The molecule has 0 amide bonds. The number of alkyl halides is 1. The lowest BCUT2D eigenvalue weighted by Crippen LogP contribution is -2.53. The maximum atomic E-state index is 6.71. The molecule has 29 heavy (non-hydrogen) atoms. The van der Waals surface area contributed by atoms with E-state index in [1.165, 1.54) is 48.5 Å². The Balaban J connectivity index is 1.47. The van der Waals surface area contributed by atoms with Gasteiger partial charge in [0.15, 0.2) is 6.29 Å². The van der Waals surface area contributed by atoms with Gasteiger partial charge >= 0.3 is 0 Å². The van der Waals surface area contributed by atoms with Crippen LogP contribution in [0, 0.1) is 23.2 Å². The quantitative estimate of drug-likeness (QED) is 0.353. The predicted octanol–water partition coefficient (Wildman–Crippen LogP) is 6.12. The summed E-state index contributed by atoms with van der Waals surface area (Å²) in [6, 6.07) is 6.85. The van der Waals surface area contributed by atoms with Crippen molar-refractivity contribution in [3.63, 3.8) is 0 Å². The SMILES string of the molecule is CC[C@]12[C@H](CI)C[C@@H]3c4ccc(OC)cc4CC[C@H]3[C@@H]1CC[C@@H]2OC1CCCO1. The first-order valence-corrected chi connectivity index (χ1v) is 13.2. The molecule has 3 aliphatic carbocycles. The summed E-state index contributed by atoms with van der Waals surface area (Å²) in [6.07, 6.45) is 10.3. The van der Waals surface area contributed by atoms with Crippen LogP contribution in [0.4, 0.5) is 0 Å². The molecule has 5 rings (SSSR count). The highest BCUT2D eigenvalue weighted by Gasteiger charge is 2.61. The molecule has 160 valence electrons. The van der Waals surface area contributed by atoms with E-state index in [4.69, 9.17) is 14.2 Å². The van der Waals surface area contributed by atoms with Crippen molar-refractivity contribution in [2.75, 3.05) is 18.1 Å². The molecule has 1 aliphatic heterocycles. The smallest absolute Gasteiger partial charge is 0.158 e. The minimum Gasteiger partial charge on any atom is -0.497 e. The zero-order chi connectivity index (χ0) is 20.0. The van der Waals surface area contributed by atoms with E-state index in [0.717, 1.165) is 48.9 Å². The first kappa shape index (κ1) is 20.6. The van der Waals surface area contributed by atoms with Gasteiger partial charge in [-0.3, -0.25) is 0 Å². The molecular formula is C25H35IO3. The van der Waals surface area contributed by atoms with Crippen molar-refractivity contribution in [1.29, 1.82) is 0 Å². The van der Waals surface area contributed by atoms with Crippen molar-refractivity contribution in [3.05, 3.63) is 29.3 Å². The fourth-order valence-electron chi connectivity index (χ4n) is 7.65. The molecule has 0 spiro atoms. The molecule has 1 aromatic rings. The van der Waals surface area contributed by atoms with Gasteiger partial charge in [-0.25, -0.2) is 0 Å². The highest BCUT2D eigenvalue weighted by molar-refractivity contribution is 14.1. The first-order valence-electron chi connectivity index (χ1n) is 11.7. The lowest BCUT2D eigenvalue weighted by atomic mass is 9.50. The number of hydrogen-bond acceptors (Lipinski definition) is 3. The van der Waals surface area contributed by atoms with Gasteiger partial charge in [-0.2, -0.15) is 0 Å². The van der Waals surface area contributed by atoms with E-state index in [9.17, 15) is 0 Å². The normalized spacial score (nSPS) is 40.9. The van der Waals surface area contributed by atoms with Crippen molar-refractivity contribution in [2.45, 2.75) is 76.6 Å². The molecule has 4 heteroatoms. The maximum absolute atomic E-state index is 6.71. The van der Waals surface area contributed by atoms with Gasteiger partial charge in [0.1, 0.15) is 5.75 Å². The molecule has 1 saturated heterocycles. The molecule has 0 aromatic heterocycles. The van der Waals surface area contributed by atoms with Gasteiger partial charge in [0.25, 0.3) is 0 Å². The van der Waals surface area contributed by atoms with Gasteiger partial charge in [-0.05, 0) is 91.9 Å². The number of benzene rings is 1. The molecular weight excluding hydrogens is 475 g/mol. The fourth-order valence-corrected chi connectivity index (χ4v) is 8.83. The molecule has 3 nitrogen and oxygen atoms in total. The second kappa shape index (κ2) is 8.31. The number of rotatable bonds is 5. The third-order valence-electron chi connectivity index (χ3n) is 8.86. The van der Waals surface area contributed by atoms with Crippen LogP contribution in [-0.4, -0.2) is 30.5 Å². The number of fused-ring (bicyclic) bond motifs is 5. The lowest BCUT2D eigenvalue weighted by Gasteiger charge is -2.56. The minimum absolute atomic E-state index is 0.0503. The summed E-state index contributed by atoms with van der Waals surface area (Å²) in [4.78, 5) is 0. The number of aryl methyl sites for hydroxylation is 1. The summed E-state index contributed by atoms with van der Waals surface area (Å²) in [6.45, 7) is 3.31. The van der Waals surface area contributed by atoms with Crippen LogP contribution in [0.3, 0.4) is 0 Å². The van der Waals surface area contributed by atoms with E-state index in [1.54, 1.807) is 12.7 Å². The number of ether oxygens (including phenoxy) is 3. The first-order chi connectivity index (χ1) is 14.2. The topological polar surface area (TPSA) is 27.7 Å². The Bertz CT molecular complexity index is 731. The minimum atomic E-state index is 0.0503. The summed E-state index contributed by atoms with van der Waals surface area (Å²) in [5.41, 5.74) is 3.50. The Morgan fingerprint density at radius 3 is 2.83 bits per heavy atom. The van der Waals surface area contributed by atoms with Crippen LogP contribution in [0.15, 0.2) is 18.2 Å². The average molecular weight is 510 g/mol. The van der Waals surface area contributed by atoms with Crippen molar-refractivity contribution in [3.8, 4) is 5.75 Å². The standard InChI is InChI=1S/C25H35IO3/c1-3-25-17(15-26)14-21-19-9-7-18(27-2)13-16(19)6-8-20(21)22(25)10-11-23(25)29-24-5-4-12-28-24/h7,9,13,17,20-24H,3-6,8,10-12,14-15H2,1-2H3/t17-,20+,21+,22-,23-,24?,25-/m0/s1. The van der Waals surface area contributed by atoms with Gasteiger partial charge in [0.05, 0.1) is 13.2 Å². The van der Waals surface area contributed by atoms with Crippen molar-refractivity contribution < 1.29 is 14.2 Å². The van der Waals surface area contributed by atoms with Gasteiger partial charge < -0.3 is 14.2 Å². The second-order valence-electron chi connectivity index (χ2n) is 9.68. The molecule has 1 unspecified atom stereocenters. The Kier molecular flexibility index (Phi) is 5.89. The van der Waals surface area contributed by atoms with E-state index >= 15 is 0 Å². The molecule has 0 radical (unpaired) electrons. The van der Waals surface area contributed by atoms with E-state index in [2.05, 4.69) is 47.7 Å². The Morgan fingerprint density at radius 2 is 2.10 bits per heavy atom. The Morgan fingerprint density at radius 1 is 1.21 bits per heavy atom. The molecule has 2 saturated carbocycles. The zero-order valence-electron chi connectivity index (χ0n) is 17.9. The van der Waals surface area contributed by atoms with Crippen LogP contribution in [0.5, 0.6) is 5.75 Å². The summed E-state index contributed by atoms with van der Waals surface area (Å²) in [5.74, 6) is 4.08. The zero-order valence-corrected chi connectivity index (χ0v) is 20.0. The predicted molar refractivity (Wildman–Crippen MR) is 124 cm³/mol. The van der Waals surface area contributed by atoms with Gasteiger partial charge in [-0.1, -0.05) is 35.6 Å². The van der Waals surface area contributed by atoms with Crippen LogP contribution < -0.4 is 4.74 Å². The van der Waals surface area contributed by atoms with Crippen LogP contribution in [0.1, 0.15) is 68.9 Å². The fraction of sp³-hybridized carbons (Fsp3) is 0.760. The molecule has 0 bridgehead atoms. The van der Waals surface area contributed by atoms with Gasteiger partial charge in [0.2, 0.25) is 0 Å². The van der Waals surface area contributed by atoms with Crippen LogP contribution in [0.25, 0.3) is 0 Å². The molecule has 0 N–H and O–H groups in total. The molecule has 1 heterocycles. The van der Waals surface area contributed by atoms with E-state index < -0.39 is 0 Å². The highest BCUT2D eigenvalue weighted by Crippen LogP contribution is 2.65. The molecule has 7 atom stereocenters. The number of hydrogen-bond donors (Lipinski definition) is 0. The van der Waals surface area contributed by atoms with Gasteiger partial charge in [-0.15, -0.1) is 0 Å². The van der Waals surface area contributed by atoms with Crippen molar-refractivity contribution in [1.82, 2.24) is 0 Å². The Labute approximate surface area is 189 Å². The van der Waals surface area contributed by atoms with Crippen LogP contribution in [0.2, 0.25) is 0 Å². The number of halogens is 1. The summed E-state index contributed by atoms with van der Waals surface area (Å²) in [5, 5.41) is 0. The van der Waals surface area contributed by atoms with E-state index in [-0.39, 0.29) is 6.29 Å². The third kappa shape index (κ3) is 3.27. The Hall–Kier alpha value is -0.330. The summed E-state index contributed by atoms with van der Waals surface area (Å²) in [7, 11) is 1.78. The summed E-state index contributed by atoms with van der Waals surface area (Å²) >= 11 is 2.66. The third-order valence-corrected chi connectivity index (χ3v) is 9.92. The van der Waals surface area contributed by atoms with Crippen molar-refractivity contribution in [2.24, 2.45) is 23.2 Å². The number of methoxy groups -OCH3 is 1. The van der Waals surface area contributed by atoms with Crippen LogP contribution in [-0.2, 0) is 15.9 Å². The maximum Gasteiger partial charge on any atom is 0.158 e. The van der Waals surface area contributed by atoms with Crippen LogP contribution >= 0.6 is 22.6 Å². The van der Waals surface area contributed by atoms with E-state index in [1.807, 2.05) is 0 Å².